The molecule has 0 spiro atoms. The summed E-state index contributed by atoms with van der Waals surface area (Å²) in [6, 6.07) is 6.34. The van der Waals surface area contributed by atoms with E-state index in [1.807, 2.05) is 6.92 Å². The Morgan fingerprint density at radius 3 is 3.07 bits per heavy atom. The van der Waals surface area contributed by atoms with Gasteiger partial charge in [0, 0.05) is 10.4 Å². The Labute approximate surface area is 99.0 Å². The number of fused-ring (bicyclic) bond motifs is 1. The molecule has 1 aliphatic rings. The third-order valence-electron chi connectivity index (χ3n) is 3.32. The number of hydrogen-bond donors (Lipinski definition) is 0. The molecular weight excluding hydrogens is 252 g/mol. The van der Waals surface area contributed by atoms with E-state index in [2.05, 4.69) is 34.1 Å². The van der Waals surface area contributed by atoms with Crippen LogP contribution in [0.2, 0.25) is 0 Å². The molecule has 1 nitrogen and oxygen atoms in total. The first-order valence-corrected chi connectivity index (χ1v) is 6.26. The van der Waals surface area contributed by atoms with Crippen LogP contribution in [0.3, 0.4) is 0 Å². The summed E-state index contributed by atoms with van der Waals surface area (Å²) in [5, 5.41) is 0. The monoisotopic (exact) mass is 266 g/mol. The fraction of sp³-hybridized carbons (Fsp3) is 0.462. The Morgan fingerprint density at radius 1 is 1.53 bits per heavy atom. The first-order valence-electron chi connectivity index (χ1n) is 5.46. The zero-order valence-electron chi connectivity index (χ0n) is 8.87. The highest BCUT2D eigenvalue weighted by Gasteiger charge is 2.26. The minimum absolute atomic E-state index is 0.128. The van der Waals surface area contributed by atoms with E-state index in [1.54, 1.807) is 0 Å². The van der Waals surface area contributed by atoms with Crippen molar-refractivity contribution in [1.29, 1.82) is 0 Å². The van der Waals surface area contributed by atoms with Crippen molar-refractivity contribution >= 4 is 22.2 Å². The number of benzene rings is 1. The summed E-state index contributed by atoms with van der Waals surface area (Å²) in [6.45, 7) is 2.02. The molecule has 80 valence electrons. The summed E-state index contributed by atoms with van der Waals surface area (Å²) >= 11 is 3.60. The van der Waals surface area contributed by atoms with Gasteiger partial charge in [-0.25, -0.2) is 0 Å². The number of aldehydes is 1. The number of halogens is 1. The van der Waals surface area contributed by atoms with Crippen molar-refractivity contribution in [1.82, 2.24) is 0 Å². The molecule has 0 bridgehead atoms. The van der Waals surface area contributed by atoms with Gasteiger partial charge in [-0.05, 0) is 42.4 Å². The Morgan fingerprint density at radius 2 is 2.33 bits per heavy atom. The second-order valence-electron chi connectivity index (χ2n) is 4.31. The number of rotatable bonds is 2. The van der Waals surface area contributed by atoms with Crippen LogP contribution in [0, 0.1) is 5.92 Å². The molecule has 1 aromatic rings. The van der Waals surface area contributed by atoms with Gasteiger partial charge in [0.25, 0.3) is 0 Å². The summed E-state index contributed by atoms with van der Waals surface area (Å²) in [7, 11) is 0. The van der Waals surface area contributed by atoms with Crippen molar-refractivity contribution in [3.05, 3.63) is 33.8 Å². The van der Waals surface area contributed by atoms with Crippen LogP contribution in [0.5, 0.6) is 0 Å². The molecule has 0 aromatic heterocycles. The standard InChI is InChI=1S/C13H15BrO/c1-9(8-15)11-6-2-4-10-5-3-7-12(14)13(10)11/h3,5,7-9,11H,2,4,6H2,1H3. The predicted octanol–water partition coefficient (Wildman–Crippen LogP) is 3.70. The fourth-order valence-corrected chi connectivity index (χ4v) is 3.19. The van der Waals surface area contributed by atoms with Crippen molar-refractivity contribution in [3.63, 3.8) is 0 Å². The molecule has 2 atom stereocenters. The van der Waals surface area contributed by atoms with Gasteiger partial charge in [0.1, 0.15) is 6.29 Å². The molecule has 0 radical (unpaired) electrons. The van der Waals surface area contributed by atoms with Crippen LogP contribution in [0.15, 0.2) is 22.7 Å². The van der Waals surface area contributed by atoms with Gasteiger partial charge >= 0.3 is 0 Å². The quantitative estimate of drug-likeness (QED) is 0.746. The maximum absolute atomic E-state index is 10.9. The highest BCUT2D eigenvalue weighted by atomic mass is 79.9. The summed E-state index contributed by atoms with van der Waals surface area (Å²) in [4.78, 5) is 10.9. The van der Waals surface area contributed by atoms with E-state index in [9.17, 15) is 4.79 Å². The highest BCUT2D eigenvalue weighted by molar-refractivity contribution is 9.10. The van der Waals surface area contributed by atoms with Gasteiger partial charge in [-0.1, -0.05) is 35.0 Å². The summed E-state index contributed by atoms with van der Waals surface area (Å²) in [5.41, 5.74) is 2.78. The minimum Gasteiger partial charge on any atom is -0.303 e. The molecule has 2 unspecified atom stereocenters. The normalized spacial score (nSPS) is 21.9. The van der Waals surface area contributed by atoms with E-state index in [1.165, 1.54) is 22.0 Å². The molecule has 0 heterocycles. The van der Waals surface area contributed by atoms with E-state index in [0.29, 0.717) is 5.92 Å². The summed E-state index contributed by atoms with van der Waals surface area (Å²) in [5.74, 6) is 0.532. The molecular formula is C13H15BrO. The number of carbonyl (C=O) groups is 1. The molecule has 1 aliphatic carbocycles. The first kappa shape index (κ1) is 10.9. The fourth-order valence-electron chi connectivity index (χ4n) is 2.49. The van der Waals surface area contributed by atoms with Crippen LogP contribution < -0.4 is 0 Å². The lowest BCUT2D eigenvalue weighted by molar-refractivity contribution is -0.111. The minimum atomic E-state index is 0.128. The van der Waals surface area contributed by atoms with Crippen LogP contribution in [0.4, 0.5) is 0 Å². The van der Waals surface area contributed by atoms with Crippen molar-refractivity contribution in [2.24, 2.45) is 5.92 Å². The van der Waals surface area contributed by atoms with Crippen molar-refractivity contribution < 1.29 is 4.79 Å². The second kappa shape index (κ2) is 4.48. The molecule has 2 heteroatoms. The van der Waals surface area contributed by atoms with Crippen LogP contribution in [0.1, 0.15) is 36.8 Å². The van der Waals surface area contributed by atoms with Crippen molar-refractivity contribution in [2.45, 2.75) is 32.1 Å². The van der Waals surface area contributed by atoms with Gasteiger partial charge in [0.2, 0.25) is 0 Å². The van der Waals surface area contributed by atoms with Gasteiger partial charge in [-0.3, -0.25) is 0 Å². The summed E-state index contributed by atoms with van der Waals surface area (Å²) < 4.78 is 1.17. The lowest BCUT2D eigenvalue weighted by Gasteiger charge is -2.28. The third-order valence-corrected chi connectivity index (χ3v) is 4.02. The van der Waals surface area contributed by atoms with Gasteiger partial charge in [0.15, 0.2) is 0 Å². The van der Waals surface area contributed by atoms with Crippen molar-refractivity contribution in [2.75, 3.05) is 0 Å². The van der Waals surface area contributed by atoms with Crippen molar-refractivity contribution in [3.8, 4) is 0 Å². The molecule has 2 rings (SSSR count). The first-order chi connectivity index (χ1) is 7.24. The van der Waals surface area contributed by atoms with E-state index in [0.717, 1.165) is 19.1 Å². The van der Waals surface area contributed by atoms with E-state index >= 15 is 0 Å². The largest absolute Gasteiger partial charge is 0.303 e. The van der Waals surface area contributed by atoms with Gasteiger partial charge < -0.3 is 4.79 Å². The molecule has 0 saturated carbocycles. The second-order valence-corrected chi connectivity index (χ2v) is 5.16. The highest BCUT2D eigenvalue weighted by Crippen LogP contribution is 2.40. The average Bonchev–Trinajstić information content (AvgIpc) is 2.28. The van der Waals surface area contributed by atoms with E-state index < -0.39 is 0 Å². The molecule has 0 fully saturated rings. The molecule has 1 aromatic carbocycles. The topological polar surface area (TPSA) is 17.1 Å². The van der Waals surface area contributed by atoms with Crippen LogP contribution >= 0.6 is 15.9 Å². The van der Waals surface area contributed by atoms with E-state index in [4.69, 9.17) is 0 Å². The van der Waals surface area contributed by atoms with Crippen LogP contribution in [-0.4, -0.2) is 6.29 Å². The maximum atomic E-state index is 10.9. The number of carbonyl (C=O) groups excluding carboxylic acids is 1. The third kappa shape index (κ3) is 2.00. The average molecular weight is 267 g/mol. The number of aryl methyl sites for hydroxylation is 1. The lowest BCUT2D eigenvalue weighted by Crippen LogP contribution is -2.18. The molecule has 15 heavy (non-hydrogen) atoms. The van der Waals surface area contributed by atoms with Gasteiger partial charge in [-0.15, -0.1) is 0 Å². The van der Waals surface area contributed by atoms with Gasteiger partial charge in [0.05, 0.1) is 0 Å². The Hall–Kier alpha value is -0.630. The Kier molecular flexibility index (Phi) is 3.25. The molecule has 0 amide bonds. The molecule has 0 N–H and O–H groups in total. The van der Waals surface area contributed by atoms with Gasteiger partial charge in [-0.2, -0.15) is 0 Å². The predicted molar refractivity (Wildman–Crippen MR) is 65.0 cm³/mol. The zero-order chi connectivity index (χ0) is 10.8. The molecule has 0 saturated heterocycles. The zero-order valence-corrected chi connectivity index (χ0v) is 10.5. The van der Waals surface area contributed by atoms with Crippen LogP contribution in [-0.2, 0) is 11.2 Å². The Balaban J connectivity index is 2.45. The Bertz CT molecular complexity index is 373. The number of hydrogen-bond acceptors (Lipinski definition) is 1. The lowest BCUT2D eigenvalue weighted by atomic mass is 9.77. The molecule has 0 aliphatic heterocycles. The van der Waals surface area contributed by atoms with Crippen LogP contribution in [0.25, 0.3) is 0 Å². The maximum Gasteiger partial charge on any atom is 0.123 e. The van der Waals surface area contributed by atoms with E-state index in [-0.39, 0.29) is 5.92 Å². The smallest absolute Gasteiger partial charge is 0.123 e. The summed E-state index contributed by atoms with van der Waals surface area (Å²) in [6.07, 6.45) is 4.57. The SMILES string of the molecule is CC(C=O)C1CCCc2cccc(Br)c21.